The summed E-state index contributed by atoms with van der Waals surface area (Å²) in [5.74, 6) is 0. The molecule has 1 aromatic carbocycles. The van der Waals surface area contributed by atoms with Gasteiger partial charge in [0.25, 0.3) is 0 Å². The predicted molar refractivity (Wildman–Crippen MR) is 75.4 cm³/mol. The molecule has 0 unspecified atom stereocenters. The van der Waals surface area contributed by atoms with E-state index in [9.17, 15) is 0 Å². The topological polar surface area (TPSA) is 17.8 Å². The largest absolute Gasteiger partial charge is 0.337 e. The molecule has 3 rings (SSSR count). The molecule has 0 aliphatic rings. The van der Waals surface area contributed by atoms with Gasteiger partial charge in [-0.25, -0.2) is 0 Å². The van der Waals surface area contributed by atoms with Gasteiger partial charge in [0.2, 0.25) is 0 Å². The summed E-state index contributed by atoms with van der Waals surface area (Å²) in [5.41, 5.74) is 3.63. The number of nitrogens with zero attached hydrogens (tertiary/aromatic N) is 2. The lowest BCUT2D eigenvalue weighted by molar-refractivity contribution is 0.826. The van der Waals surface area contributed by atoms with Crippen LogP contribution in [-0.4, -0.2) is 9.55 Å². The van der Waals surface area contributed by atoms with E-state index in [1.807, 2.05) is 30.6 Å². The van der Waals surface area contributed by atoms with E-state index in [1.165, 1.54) is 16.5 Å². The Morgan fingerprint density at radius 2 is 1.89 bits per heavy atom. The van der Waals surface area contributed by atoms with Crippen molar-refractivity contribution < 1.29 is 0 Å². The van der Waals surface area contributed by atoms with Crippen LogP contribution in [0.25, 0.3) is 17.0 Å². The molecule has 0 spiro atoms. The van der Waals surface area contributed by atoms with Gasteiger partial charge in [0, 0.05) is 35.5 Å². The molecule has 2 nitrogen and oxygen atoms in total. The van der Waals surface area contributed by atoms with Crippen LogP contribution in [0.3, 0.4) is 0 Å². The molecule has 0 saturated carbocycles. The van der Waals surface area contributed by atoms with Gasteiger partial charge in [-0.15, -0.1) is 0 Å². The van der Waals surface area contributed by atoms with E-state index in [0.717, 1.165) is 12.2 Å². The molecule has 0 bridgehead atoms. The van der Waals surface area contributed by atoms with Crippen LogP contribution in [0.15, 0.2) is 61.4 Å². The first-order valence-electron chi connectivity index (χ1n) is 5.98. The van der Waals surface area contributed by atoms with Gasteiger partial charge in [0.05, 0.1) is 0 Å². The molecular weight excluding hydrogens is 220 g/mol. The number of para-hydroxylation sites is 1. The van der Waals surface area contributed by atoms with E-state index in [4.69, 9.17) is 0 Å². The van der Waals surface area contributed by atoms with E-state index >= 15 is 0 Å². The number of fused-ring (bicyclic) bond motifs is 1. The Bertz CT molecular complexity index is 681. The van der Waals surface area contributed by atoms with Crippen molar-refractivity contribution in [3.63, 3.8) is 0 Å². The average Bonchev–Trinajstić information content (AvgIpc) is 2.78. The molecule has 0 aliphatic heterocycles. The maximum atomic E-state index is 4.05. The van der Waals surface area contributed by atoms with Gasteiger partial charge < -0.3 is 4.57 Å². The molecule has 3 aromatic rings. The van der Waals surface area contributed by atoms with Gasteiger partial charge in [0.15, 0.2) is 0 Å². The van der Waals surface area contributed by atoms with Gasteiger partial charge in [-0.2, -0.15) is 0 Å². The number of rotatable bonds is 3. The van der Waals surface area contributed by atoms with E-state index in [-0.39, 0.29) is 0 Å². The van der Waals surface area contributed by atoms with Crippen molar-refractivity contribution >= 4 is 17.0 Å². The lowest BCUT2D eigenvalue weighted by atomic mass is 10.2. The number of hydrogen-bond donors (Lipinski definition) is 0. The predicted octanol–water partition coefficient (Wildman–Crippen LogP) is 3.73. The standard InChI is InChI=1S/C16H14N2/c1-2-15-11-14-5-3-4-6-16(14)18(15)12-13-7-9-17-10-8-13/h2-11H,1,12H2. The minimum atomic E-state index is 0.845. The van der Waals surface area contributed by atoms with E-state index in [1.54, 1.807) is 0 Å². The maximum Gasteiger partial charge on any atom is 0.0488 e. The van der Waals surface area contributed by atoms with E-state index < -0.39 is 0 Å². The summed E-state index contributed by atoms with van der Waals surface area (Å²) in [6.07, 6.45) is 5.56. The maximum absolute atomic E-state index is 4.05. The lowest BCUT2D eigenvalue weighted by Gasteiger charge is -2.08. The Hall–Kier alpha value is -2.35. The van der Waals surface area contributed by atoms with Crippen molar-refractivity contribution in [3.05, 3.63) is 72.7 Å². The van der Waals surface area contributed by atoms with Crippen molar-refractivity contribution in [1.29, 1.82) is 0 Å². The highest BCUT2D eigenvalue weighted by Crippen LogP contribution is 2.21. The highest BCUT2D eigenvalue weighted by molar-refractivity contribution is 5.83. The van der Waals surface area contributed by atoms with Crippen molar-refractivity contribution in [2.45, 2.75) is 6.54 Å². The normalized spacial score (nSPS) is 10.7. The fourth-order valence-corrected chi connectivity index (χ4v) is 2.25. The van der Waals surface area contributed by atoms with Crippen molar-refractivity contribution in [1.82, 2.24) is 9.55 Å². The number of benzene rings is 1. The Kier molecular flexibility index (Phi) is 2.69. The van der Waals surface area contributed by atoms with Crippen LogP contribution in [0.5, 0.6) is 0 Å². The molecule has 2 aromatic heterocycles. The van der Waals surface area contributed by atoms with Crippen molar-refractivity contribution in [3.8, 4) is 0 Å². The first kappa shape index (κ1) is 10.8. The van der Waals surface area contributed by atoms with Crippen LogP contribution in [0.2, 0.25) is 0 Å². The molecule has 0 fully saturated rings. The fraction of sp³-hybridized carbons (Fsp3) is 0.0625. The SMILES string of the molecule is C=Cc1cc2ccccc2n1Cc1ccncc1. The number of hydrogen-bond acceptors (Lipinski definition) is 1. The third kappa shape index (κ3) is 1.82. The minimum absolute atomic E-state index is 0.845. The van der Waals surface area contributed by atoms with Crippen molar-refractivity contribution in [2.24, 2.45) is 0 Å². The Balaban J connectivity index is 2.12. The molecule has 0 N–H and O–H groups in total. The van der Waals surface area contributed by atoms with Crippen LogP contribution < -0.4 is 0 Å². The molecule has 0 radical (unpaired) electrons. The molecule has 0 atom stereocenters. The first-order valence-corrected chi connectivity index (χ1v) is 5.98. The lowest BCUT2D eigenvalue weighted by Crippen LogP contribution is -2.01. The second-order valence-corrected chi connectivity index (χ2v) is 4.27. The highest BCUT2D eigenvalue weighted by Gasteiger charge is 2.06. The zero-order valence-corrected chi connectivity index (χ0v) is 10.1. The van der Waals surface area contributed by atoms with Crippen LogP contribution >= 0.6 is 0 Å². The molecule has 0 aliphatic carbocycles. The second-order valence-electron chi connectivity index (χ2n) is 4.27. The third-order valence-electron chi connectivity index (χ3n) is 3.14. The molecule has 2 heterocycles. The Labute approximate surface area is 106 Å². The molecule has 88 valence electrons. The number of pyridine rings is 1. The molecular formula is C16H14N2. The summed E-state index contributed by atoms with van der Waals surface area (Å²) in [7, 11) is 0. The smallest absolute Gasteiger partial charge is 0.0488 e. The molecule has 0 amide bonds. The summed E-state index contributed by atoms with van der Waals surface area (Å²) < 4.78 is 2.28. The van der Waals surface area contributed by atoms with Crippen LogP contribution in [-0.2, 0) is 6.54 Å². The summed E-state index contributed by atoms with van der Waals surface area (Å²) in [6, 6.07) is 14.7. The molecule has 0 saturated heterocycles. The first-order chi connectivity index (χ1) is 8.88. The van der Waals surface area contributed by atoms with E-state index in [0.29, 0.717) is 0 Å². The third-order valence-corrected chi connectivity index (χ3v) is 3.14. The Morgan fingerprint density at radius 1 is 1.11 bits per heavy atom. The fourth-order valence-electron chi connectivity index (χ4n) is 2.25. The Morgan fingerprint density at radius 3 is 2.67 bits per heavy atom. The zero-order chi connectivity index (χ0) is 12.4. The summed E-state index contributed by atoms with van der Waals surface area (Å²) >= 11 is 0. The van der Waals surface area contributed by atoms with Crippen LogP contribution in [0, 0.1) is 0 Å². The molecule has 2 heteroatoms. The van der Waals surface area contributed by atoms with E-state index in [2.05, 4.69) is 46.5 Å². The summed E-state index contributed by atoms with van der Waals surface area (Å²) in [4.78, 5) is 4.05. The van der Waals surface area contributed by atoms with Crippen LogP contribution in [0.1, 0.15) is 11.3 Å². The van der Waals surface area contributed by atoms with Gasteiger partial charge in [-0.1, -0.05) is 24.8 Å². The second kappa shape index (κ2) is 4.49. The van der Waals surface area contributed by atoms with Gasteiger partial charge in [0.1, 0.15) is 0 Å². The van der Waals surface area contributed by atoms with Crippen LogP contribution in [0.4, 0.5) is 0 Å². The molecule has 18 heavy (non-hydrogen) atoms. The monoisotopic (exact) mass is 234 g/mol. The highest BCUT2D eigenvalue weighted by atomic mass is 15.0. The van der Waals surface area contributed by atoms with Gasteiger partial charge >= 0.3 is 0 Å². The zero-order valence-electron chi connectivity index (χ0n) is 10.1. The average molecular weight is 234 g/mol. The minimum Gasteiger partial charge on any atom is -0.337 e. The number of aromatic nitrogens is 2. The van der Waals surface area contributed by atoms with Gasteiger partial charge in [-0.3, -0.25) is 4.98 Å². The quantitative estimate of drug-likeness (QED) is 0.675. The summed E-state index contributed by atoms with van der Waals surface area (Å²) in [5, 5.41) is 1.25. The summed E-state index contributed by atoms with van der Waals surface area (Å²) in [6.45, 7) is 4.74. The van der Waals surface area contributed by atoms with Crippen molar-refractivity contribution in [2.75, 3.05) is 0 Å². The van der Waals surface area contributed by atoms with Gasteiger partial charge in [-0.05, 0) is 35.9 Å².